The highest BCUT2D eigenvalue weighted by molar-refractivity contribution is 5.78. The molecule has 1 unspecified atom stereocenters. The van der Waals surface area contributed by atoms with E-state index in [0.717, 1.165) is 5.52 Å². The zero-order chi connectivity index (χ0) is 11.6. The molecule has 1 aromatic carbocycles. The fourth-order valence-electron chi connectivity index (χ4n) is 2.40. The summed E-state index contributed by atoms with van der Waals surface area (Å²) in [5.41, 5.74) is 2.87. The van der Waals surface area contributed by atoms with Crippen molar-refractivity contribution < 1.29 is 0 Å². The first-order valence-electron chi connectivity index (χ1n) is 6.13. The lowest BCUT2D eigenvalue weighted by molar-refractivity contribution is 0.414. The highest BCUT2D eigenvalue weighted by Crippen LogP contribution is 2.33. The van der Waals surface area contributed by atoms with Crippen molar-refractivity contribution in [2.75, 3.05) is 0 Å². The Hall–Kier alpha value is -1.31. The topological polar surface area (TPSA) is 28.7 Å². The molecule has 0 amide bonds. The Kier molecular flexibility index (Phi) is 2.99. The van der Waals surface area contributed by atoms with Gasteiger partial charge in [0, 0.05) is 5.39 Å². The summed E-state index contributed by atoms with van der Waals surface area (Å²) in [5.74, 6) is 0. The number of fused-ring (bicyclic) bond motifs is 1. The average molecular weight is 216 g/mol. The Morgan fingerprint density at radius 1 is 1.31 bits per heavy atom. The lowest BCUT2D eigenvalue weighted by atomic mass is 9.76. The van der Waals surface area contributed by atoms with E-state index in [9.17, 15) is 0 Å². The Labute approximate surface area is 97.1 Å². The molecule has 0 aliphatic heterocycles. The van der Waals surface area contributed by atoms with Crippen LogP contribution in [0.15, 0.2) is 24.4 Å². The van der Waals surface area contributed by atoms with Crippen molar-refractivity contribution >= 4 is 10.9 Å². The van der Waals surface area contributed by atoms with Crippen LogP contribution in [-0.2, 0) is 5.41 Å². The van der Waals surface area contributed by atoms with Crippen LogP contribution in [0.2, 0.25) is 0 Å². The van der Waals surface area contributed by atoms with E-state index in [4.69, 9.17) is 0 Å². The monoisotopic (exact) mass is 216 g/mol. The van der Waals surface area contributed by atoms with Gasteiger partial charge in [-0.25, -0.2) is 0 Å². The van der Waals surface area contributed by atoms with Crippen molar-refractivity contribution in [1.29, 1.82) is 0 Å². The molecular weight excluding hydrogens is 196 g/mol. The van der Waals surface area contributed by atoms with E-state index in [2.05, 4.69) is 49.2 Å². The second-order valence-corrected chi connectivity index (χ2v) is 4.84. The SMILES string of the molecule is CCCC(C)(CC)c1ccc2[nH]ncc2c1. The van der Waals surface area contributed by atoms with Crippen molar-refractivity contribution in [2.24, 2.45) is 0 Å². The third-order valence-electron chi connectivity index (χ3n) is 3.72. The summed E-state index contributed by atoms with van der Waals surface area (Å²) in [7, 11) is 0. The van der Waals surface area contributed by atoms with Crippen molar-refractivity contribution in [1.82, 2.24) is 10.2 Å². The standard InChI is InChI=1S/C14H20N2/c1-4-8-14(3,5-2)12-6-7-13-11(9-12)10-15-16-13/h6-7,9-10H,4-5,8H2,1-3H3,(H,15,16). The smallest absolute Gasteiger partial charge is 0.0650 e. The van der Waals surface area contributed by atoms with Gasteiger partial charge < -0.3 is 0 Å². The molecule has 1 aromatic heterocycles. The molecule has 1 heterocycles. The number of nitrogens with zero attached hydrogens (tertiary/aromatic N) is 1. The van der Waals surface area contributed by atoms with Crippen molar-refractivity contribution in [3.63, 3.8) is 0 Å². The van der Waals surface area contributed by atoms with Crippen LogP contribution in [0.3, 0.4) is 0 Å². The number of H-pyrrole nitrogens is 1. The van der Waals surface area contributed by atoms with Crippen LogP contribution < -0.4 is 0 Å². The van der Waals surface area contributed by atoms with E-state index in [1.165, 1.54) is 30.2 Å². The van der Waals surface area contributed by atoms with E-state index in [0.29, 0.717) is 5.41 Å². The second kappa shape index (κ2) is 4.28. The molecule has 0 radical (unpaired) electrons. The minimum absolute atomic E-state index is 0.306. The molecular formula is C14H20N2. The molecule has 0 saturated heterocycles. The minimum atomic E-state index is 0.306. The second-order valence-electron chi connectivity index (χ2n) is 4.84. The van der Waals surface area contributed by atoms with E-state index in [1.807, 2.05) is 6.20 Å². The Balaban J connectivity index is 2.44. The maximum absolute atomic E-state index is 4.07. The molecule has 0 bridgehead atoms. The first-order chi connectivity index (χ1) is 7.69. The molecule has 0 spiro atoms. The molecule has 86 valence electrons. The molecule has 2 aromatic rings. The van der Waals surface area contributed by atoms with Gasteiger partial charge in [-0.3, -0.25) is 5.10 Å². The van der Waals surface area contributed by atoms with E-state index in [1.54, 1.807) is 0 Å². The molecule has 1 atom stereocenters. The van der Waals surface area contributed by atoms with Crippen LogP contribution in [0.5, 0.6) is 0 Å². The van der Waals surface area contributed by atoms with Gasteiger partial charge in [-0.15, -0.1) is 0 Å². The summed E-state index contributed by atoms with van der Waals surface area (Å²) in [5, 5.41) is 8.29. The lowest BCUT2D eigenvalue weighted by Gasteiger charge is -2.28. The van der Waals surface area contributed by atoms with Crippen molar-refractivity contribution in [3.8, 4) is 0 Å². The summed E-state index contributed by atoms with van der Waals surface area (Å²) in [6, 6.07) is 6.65. The molecule has 2 heteroatoms. The molecule has 2 rings (SSSR count). The third-order valence-corrected chi connectivity index (χ3v) is 3.72. The van der Waals surface area contributed by atoms with E-state index in [-0.39, 0.29) is 0 Å². The normalized spacial score (nSPS) is 15.2. The van der Waals surface area contributed by atoms with Gasteiger partial charge in [-0.2, -0.15) is 5.10 Å². The molecule has 0 aliphatic carbocycles. The molecule has 1 N–H and O–H groups in total. The largest absolute Gasteiger partial charge is 0.278 e. The highest BCUT2D eigenvalue weighted by atomic mass is 15.1. The van der Waals surface area contributed by atoms with Gasteiger partial charge in [0.15, 0.2) is 0 Å². The maximum Gasteiger partial charge on any atom is 0.0650 e. The van der Waals surface area contributed by atoms with Gasteiger partial charge in [0.05, 0.1) is 11.7 Å². The summed E-state index contributed by atoms with van der Waals surface area (Å²) in [6.45, 7) is 6.89. The molecule has 0 aliphatic rings. The van der Waals surface area contributed by atoms with Gasteiger partial charge >= 0.3 is 0 Å². The molecule has 2 nitrogen and oxygen atoms in total. The number of benzene rings is 1. The molecule has 16 heavy (non-hydrogen) atoms. The average Bonchev–Trinajstić information content (AvgIpc) is 2.76. The first kappa shape index (κ1) is 11.2. The predicted molar refractivity (Wildman–Crippen MR) is 68.6 cm³/mol. The first-order valence-corrected chi connectivity index (χ1v) is 6.13. The van der Waals surface area contributed by atoms with Gasteiger partial charge in [-0.05, 0) is 36.0 Å². The summed E-state index contributed by atoms with van der Waals surface area (Å²) in [6.07, 6.45) is 5.56. The van der Waals surface area contributed by atoms with Crippen molar-refractivity contribution in [2.45, 2.75) is 45.4 Å². The van der Waals surface area contributed by atoms with E-state index >= 15 is 0 Å². The third kappa shape index (κ3) is 1.84. The van der Waals surface area contributed by atoms with E-state index < -0.39 is 0 Å². The van der Waals surface area contributed by atoms with Crippen molar-refractivity contribution in [3.05, 3.63) is 30.0 Å². The number of rotatable bonds is 4. The number of hydrogen-bond donors (Lipinski definition) is 1. The Morgan fingerprint density at radius 3 is 2.81 bits per heavy atom. The van der Waals surface area contributed by atoms with Crippen LogP contribution >= 0.6 is 0 Å². The summed E-state index contributed by atoms with van der Waals surface area (Å²) < 4.78 is 0. The van der Waals surface area contributed by atoms with Crippen LogP contribution in [0.25, 0.3) is 10.9 Å². The number of aromatic nitrogens is 2. The predicted octanol–water partition coefficient (Wildman–Crippen LogP) is 4.03. The van der Waals surface area contributed by atoms with Gasteiger partial charge in [0.25, 0.3) is 0 Å². The highest BCUT2D eigenvalue weighted by Gasteiger charge is 2.23. The number of aromatic amines is 1. The number of hydrogen-bond acceptors (Lipinski definition) is 1. The Morgan fingerprint density at radius 2 is 2.12 bits per heavy atom. The van der Waals surface area contributed by atoms with Crippen LogP contribution in [-0.4, -0.2) is 10.2 Å². The fraction of sp³-hybridized carbons (Fsp3) is 0.500. The minimum Gasteiger partial charge on any atom is -0.278 e. The summed E-state index contributed by atoms with van der Waals surface area (Å²) >= 11 is 0. The molecule has 0 fully saturated rings. The maximum atomic E-state index is 4.07. The zero-order valence-electron chi connectivity index (χ0n) is 10.4. The van der Waals surface area contributed by atoms with Crippen LogP contribution in [0.4, 0.5) is 0 Å². The zero-order valence-corrected chi connectivity index (χ0v) is 10.4. The van der Waals surface area contributed by atoms with Gasteiger partial charge in [0.2, 0.25) is 0 Å². The van der Waals surface area contributed by atoms with Gasteiger partial charge in [0.1, 0.15) is 0 Å². The summed E-state index contributed by atoms with van der Waals surface area (Å²) in [4.78, 5) is 0. The lowest BCUT2D eigenvalue weighted by Crippen LogP contribution is -2.20. The quantitative estimate of drug-likeness (QED) is 0.821. The van der Waals surface area contributed by atoms with Crippen LogP contribution in [0.1, 0.15) is 45.6 Å². The Bertz CT molecular complexity index is 472. The van der Waals surface area contributed by atoms with Gasteiger partial charge in [-0.1, -0.05) is 33.3 Å². The number of nitrogens with one attached hydrogen (secondary N) is 1. The molecule has 0 saturated carbocycles. The van der Waals surface area contributed by atoms with Crippen LogP contribution in [0, 0.1) is 0 Å². The fourth-order valence-corrected chi connectivity index (χ4v) is 2.40.